The Morgan fingerprint density at radius 3 is 2.55 bits per heavy atom. The highest BCUT2D eigenvalue weighted by Crippen LogP contribution is 2.39. The molecule has 29 heavy (non-hydrogen) atoms. The standard InChI is InChI=1S/C22H21FN4O2/c23-18-13-19(15-7-3-1-4-8-15)27-21(18)24-20(25-27)22(28)26-12-11-17(14-26)29-16-9-5-2-6-10-16/h1-10,17-19H,11-14H2. The second kappa shape index (κ2) is 7.31. The Morgan fingerprint density at radius 1 is 1.07 bits per heavy atom. The van der Waals surface area contributed by atoms with Crippen LogP contribution in [-0.4, -0.2) is 44.8 Å². The number of hydrogen-bond acceptors (Lipinski definition) is 4. The lowest BCUT2D eigenvalue weighted by atomic mass is 10.0. The van der Waals surface area contributed by atoms with Gasteiger partial charge in [-0.1, -0.05) is 48.5 Å². The number of nitrogens with zero attached hydrogens (tertiary/aromatic N) is 4. The molecule has 1 amide bonds. The summed E-state index contributed by atoms with van der Waals surface area (Å²) in [6.07, 6.45) is -0.249. The Kier molecular flexibility index (Phi) is 4.50. The van der Waals surface area contributed by atoms with Crippen molar-refractivity contribution >= 4 is 5.91 Å². The fourth-order valence-corrected chi connectivity index (χ4v) is 4.06. The average molecular weight is 392 g/mol. The van der Waals surface area contributed by atoms with Crippen molar-refractivity contribution in [1.29, 1.82) is 0 Å². The van der Waals surface area contributed by atoms with Crippen LogP contribution in [0.1, 0.15) is 47.1 Å². The quantitative estimate of drug-likeness (QED) is 0.681. The summed E-state index contributed by atoms with van der Waals surface area (Å²) in [5.41, 5.74) is 0.968. The van der Waals surface area contributed by atoms with Crippen molar-refractivity contribution in [2.45, 2.75) is 31.2 Å². The van der Waals surface area contributed by atoms with E-state index < -0.39 is 6.17 Å². The second-order valence-electron chi connectivity index (χ2n) is 7.46. The summed E-state index contributed by atoms with van der Waals surface area (Å²) in [4.78, 5) is 18.8. The minimum Gasteiger partial charge on any atom is -0.489 e. The zero-order valence-electron chi connectivity index (χ0n) is 15.8. The molecule has 0 N–H and O–H groups in total. The van der Waals surface area contributed by atoms with Crippen LogP contribution in [-0.2, 0) is 0 Å². The minimum atomic E-state index is -1.22. The number of amides is 1. The molecule has 7 heteroatoms. The normalized spacial score (nSPS) is 23.2. The lowest BCUT2D eigenvalue weighted by Gasteiger charge is -2.16. The maximum atomic E-state index is 14.5. The number of halogens is 1. The molecule has 2 aliphatic rings. The zero-order chi connectivity index (χ0) is 19.8. The van der Waals surface area contributed by atoms with Crippen LogP contribution >= 0.6 is 0 Å². The summed E-state index contributed by atoms with van der Waals surface area (Å²) in [5, 5.41) is 4.39. The zero-order valence-corrected chi connectivity index (χ0v) is 15.8. The number of carbonyl (C=O) groups excluding carboxylic acids is 1. The molecule has 2 aromatic carbocycles. The van der Waals surface area contributed by atoms with E-state index in [-0.39, 0.29) is 29.7 Å². The van der Waals surface area contributed by atoms with E-state index in [2.05, 4.69) is 10.1 Å². The average Bonchev–Trinajstić information content (AvgIpc) is 3.46. The molecule has 5 rings (SSSR count). The Balaban J connectivity index is 1.31. The van der Waals surface area contributed by atoms with Gasteiger partial charge in [0, 0.05) is 19.4 Å². The van der Waals surface area contributed by atoms with E-state index in [0.717, 1.165) is 17.7 Å². The van der Waals surface area contributed by atoms with Gasteiger partial charge in [0.15, 0.2) is 12.0 Å². The number of hydrogen-bond donors (Lipinski definition) is 0. The van der Waals surface area contributed by atoms with E-state index >= 15 is 0 Å². The molecule has 6 nitrogen and oxygen atoms in total. The first kappa shape index (κ1) is 17.8. The summed E-state index contributed by atoms with van der Waals surface area (Å²) in [7, 11) is 0. The molecule has 1 fully saturated rings. The maximum absolute atomic E-state index is 14.5. The topological polar surface area (TPSA) is 60.2 Å². The largest absolute Gasteiger partial charge is 0.489 e. The number of rotatable bonds is 4. The van der Waals surface area contributed by atoms with Gasteiger partial charge in [0.25, 0.3) is 5.91 Å². The number of likely N-dealkylation sites (tertiary alicyclic amines) is 1. The Hall–Kier alpha value is -3.22. The summed E-state index contributed by atoms with van der Waals surface area (Å²) in [5.74, 6) is 0.809. The van der Waals surface area contributed by atoms with Crippen LogP contribution in [0.2, 0.25) is 0 Å². The fraction of sp³-hybridized carbons (Fsp3) is 0.318. The summed E-state index contributed by atoms with van der Waals surface area (Å²) in [6, 6.07) is 19.0. The van der Waals surface area contributed by atoms with E-state index in [9.17, 15) is 9.18 Å². The number of aromatic nitrogens is 3. The van der Waals surface area contributed by atoms with E-state index in [1.807, 2.05) is 60.7 Å². The molecule has 1 saturated heterocycles. The van der Waals surface area contributed by atoms with Crippen LogP contribution in [0.15, 0.2) is 60.7 Å². The summed E-state index contributed by atoms with van der Waals surface area (Å²) >= 11 is 0. The molecule has 2 aliphatic heterocycles. The third kappa shape index (κ3) is 3.37. The first-order chi connectivity index (χ1) is 14.2. The highest BCUT2D eigenvalue weighted by Gasteiger charge is 2.38. The predicted octanol–water partition coefficient (Wildman–Crippen LogP) is 3.58. The van der Waals surface area contributed by atoms with Crippen LogP contribution in [0.5, 0.6) is 5.75 Å². The molecular formula is C22H21FN4O2. The van der Waals surface area contributed by atoms with Crippen LogP contribution in [0.25, 0.3) is 0 Å². The molecule has 3 atom stereocenters. The first-order valence-corrected chi connectivity index (χ1v) is 9.85. The van der Waals surface area contributed by atoms with Gasteiger partial charge < -0.3 is 9.64 Å². The van der Waals surface area contributed by atoms with Crippen molar-refractivity contribution in [2.24, 2.45) is 0 Å². The molecule has 0 aliphatic carbocycles. The Morgan fingerprint density at radius 2 is 1.79 bits per heavy atom. The highest BCUT2D eigenvalue weighted by atomic mass is 19.1. The molecule has 148 valence electrons. The molecule has 1 aromatic heterocycles. The van der Waals surface area contributed by atoms with Gasteiger partial charge in [-0.05, 0) is 17.7 Å². The van der Waals surface area contributed by atoms with Gasteiger partial charge in [-0.15, -0.1) is 5.10 Å². The fourth-order valence-electron chi connectivity index (χ4n) is 4.06. The predicted molar refractivity (Wildman–Crippen MR) is 104 cm³/mol. The third-order valence-electron chi connectivity index (χ3n) is 5.52. The Bertz CT molecular complexity index is 1010. The van der Waals surface area contributed by atoms with Gasteiger partial charge in [0.05, 0.1) is 12.6 Å². The van der Waals surface area contributed by atoms with Crippen LogP contribution in [0, 0.1) is 0 Å². The maximum Gasteiger partial charge on any atom is 0.293 e. The van der Waals surface area contributed by atoms with E-state index in [4.69, 9.17) is 4.74 Å². The van der Waals surface area contributed by atoms with Crippen molar-refractivity contribution in [3.05, 3.63) is 77.9 Å². The SMILES string of the molecule is O=C(c1nc2n(n1)C(c1ccccc1)CC2F)N1CCC(Oc2ccccc2)C1. The van der Waals surface area contributed by atoms with Gasteiger partial charge >= 0.3 is 0 Å². The van der Waals surface area contributed by atoms with Crippen molar-refractivity contribution in [3.8, 4) is 5.75 Å². The van der Waals surface area contributed by atoms with Crippen molar-refractivity contribution in [1.82, 2.24) is 19.7 Å². The van der Waals surface area contributed by atoms with Crippen molar-refractivity contribution < 1.29 is 13.9 Å². The van der Waals surface area contributed by atoms with Gasteiger partial charge in [-0.2, -0.15) is 0 Å². The van der Waals surface area contributed by atoms with Gasteiger partial charge in [-0.25, -0.2) is 14.1 Å². The molecule has 0 spiro atoms. The van der Waals surface area contributed by atoms with Gasteiger partial charge in [0.2, 0.25) is 5.82 Å². The van der Waals surface area contributed by atoms with Crippen molar-refractivity contribution in [2.75, 3.05) is 13.1 Å². The number of carbonyl (C=O) groups is 1. The minimum absolute atomic E-state index is 0.0589. The second-order valence-corrected chi connectivity index (χ2v) is 7.46. The van der Waals surface area contributed by atoms with Crippen LogP contribution < -0.4 is 4.74 Å². The third-order valence-corrected chi connectivity index (χ3v) is 5.52. The molecule has 0 saturated carbocycles. The highest BCUT2D eigenvalue weighted by molar-refractivity contribution is 5.90. The first-order valence-electron chi connectivity index (χ1n) is 9.85. The van der Waals surface area contributed by atoms with E-state index in [0.29, 0.717) is 19.5 Å². The number of benzene rings is 2. The monoisotopic (exact) mass is 392 g/mol. The molecular weight excluding hydrogens is 371 g/mol. The van der Waals surface area contributed by atoms with Crippen LogP contribution in [0.4, 0.5) is 4.39 Å². The molecule has 0 radical (unpaired) electrons. The van der Waals surface area contributed by atoms with Gasteiger partial charge in [-0.3, -0.25) is 4.79 Å². The van der Waals surface area contributed by atoms with Crippen LogP contribution in [0.3, 0.4) is 0 Å². The van der Waals surface area contributed by atoms with Crippen molar-refractivity contribution in [3.63, 3.8) is 0 Å². The summed E-state index contributed by atoms with van der Waals surface area (Å²) in [6.45, 7) is 1.04. The lowest BCUT2D eigenvalue weighted by Crippen LogP contribution is -2.32. The van der Waals surface area contributed by atoms with Gasteiger partial charge in [0.1, 0.15) is 11.9 Å². The molecule has 3 heterocycles. The molecule has 3 unspecified atom stereocenters. The van der Waals surface area contributed by atoms with E-state index in [1.54, 1.807) is 9.58 Å². The smallest absolute Gasteiger partial charge is 0.293 e. The molecule has 0 bridgehead atoms. The Labute approximate surface area is 167 Å². The lowest BCUT2D eigenvalue weighted by molar-refractivity contribution is 0.0759. The number of alkyl halides is 1. The summed E-state index contributed by atoms with van der Waals surface area (Å²) < 4.78 is 22.1. The number of para-hydroxylation sites is 1. The number of ether oxygens (including phenoxy) is 1. The number of fused-ring (bicyclic) bond motifs is 1. The molecule has 3 aromatic rings. The van der Waals surface area contributed by atoms with E-state index in [1.165, 1.54) is 0 Å².